The van der Waals surface area contributed by atoms with E-state index in [2.05, 4.69) is 29.1 Å². The fraction of sp³-hybridized carbons (Fsp3) is 0.483. The van der Waals surface area contributed by atoms with E-state index in [0.29, 0.717) is 37.2 Å². The van der Waals surface area contributed by atoms with Crippen molar-refractivity contribution >= 4 is 22.6 Å². The maximum absolute atomic E-state index is 14.7. The van der Waals surface area contributed by atoms with E-state index in [1.165, 1.54) is 19.7 Å². The van der Waals surface area contributed by atoms with Gasteiger partial charge in [-0.1, -0.05) is 32.8 Å². The lowest BCUT2D eigenvalue weighted by molar-refractivity contribution is 0.0912. The van der Waals surface area contributed by atoms with Gasteiger partial charge in [0.1, 0.15) is 17.1 Å². The molecule has 5 rings (SSSR count). The van der Waals surface area contributed by atoms with Crippen LogP contribution in [0.25, 0.3) is 16.7 Å². The van der Waals surface area contributed by atoms with Gasteiger partial charge in [0.25, 0.3) is 11.5 Å². The molecule has 4 heterocycles. The average Bonchev–Trinajstić information content (AvgIpc) is 3.26. The third-order valence-corrected chi connectivity index (χ3v) is 7.85. The number of rotatable bonds is 8. The van der Waals surface area contributed by atoms with Gasteiger partial charge >= 0.3 is 5.69 Å². The van der Waals surface area contributed by atoms with Gasteiger partial charge in [-0.25, -0.2) is 19.2 Å². The second-order valence-electron chi connectivity index (χ2n) is 11.2. The summed E-state index contributed by atoms with van der Waals surface area (Å²) >= 11 is 0. The number of hydrogen-bond acceptors (Lipinski definition) is 5. The number of carbonyl (C=O) groups is 1. The predicted molar refractivity (Wildman–Crippen MR) is 148 cm³/mol. The second-order valence-corrected chi connectivity index (χ2v) is 11.2. The van der Waals surface area contributed by atoms with Gasteiger partial charge in [0, 0.05) is 24.3 Å². The monoisotopic (exact) mass is 552 g/mol. The fourth-order valence-electron chi connectivity index (χ4n) is 5.72. The quantitative estimate of drug-likeness (QED) is 0.339. The molecule has 1 N–H and O–H groups in total. The molecule has 0 saturated heterocycles. The zero-order chi connectivity index (χ0) is 28.6. The van der Waals surface area contributed by atoms with E-state index in [9.17, 15) is 23.2 Å². The molecule has 1 atom stereocenters. The highest BCUT2D eigenvalue weighted by atomic mass is 19.1. The molecular formula is C29H34F2N6O3. The van der Waals surface area contributed by atoms with Crippen molar-refractivity contribution in [3.63, 3.8) is 0 Å². The van der Waals surface area contributed by atoms with Crippen LogP contribution in [0.2, 0.25) is 0 Å². The first kappa shape index (κ1) is 27.7. The summed E-state index contributed by atoms with van der Waals surface area (Å²) in [4.78, 5) is 48.3. The van der Waals surface area contributed by atoms with E-state index >= 15 is 0 Å². The topological polar surface area (TPSA) is 103 Å². The van der Waals surface area contributed by atoms with Gasteiger partial charge in [-0.15, -0.1) is 0 Å². The summed E-state index contributed by atoms with van der Waals surface area (Å²) in [5.41, 5.74) is -0.752. The molecule has 1 aliphatic carbocycles. The molecule has 212 valence electrons. The molecule has 0 spiro atoms. The second kappa shape index (κ2) is 11.3. The Kier molecular flexibility index (Phi) is 7.82. The van der Waals surface area contributed by atoms with Crippen LogP contribution in [0, 0.1) is 17.7 Å². The normalized spacial score (nSPS) is 18.4. The van der Waals surface area contributed by atoms with Crippen LogP contribution in [0.3, 0.4) is 0 Å². The van der Waals surface area contributed by atoms with E-state index in [-0.39, 0.29) is 28.8 Å². The Morgan fingerprint density at radius 3 is 2.55 bits per heavy atom. The number of fused-ring (bicyclic) bond motifs is 2. The molecule has 40 heavy (non-hydrogen) atoms. The smallest absolute Gasteiger partial charge is 0.333 e. The van der Waals surface area contributed by atoms with Crippen LogP contribution in [0.15, 0.2) is 46.2 Å². The van der Waals surface area contributed by atoms with Crippen LogP contribution < -0.4 is 16.6 Å². The Bertz CT molecular complexity index is 1670. The van der Waals surface area contributed by atoms with Crippen molar-refractivity contribution in [3.8, 4) is 0 Å². The Labute approximate surface area is 229 Å². The first-order chi connectivity index (χ1) is 19.2. The van der Waals surface area contributed by atoms with Crippen LogP contribution in [0.5, 0.6) is 0 Å². The van der Waals surface area contributed by atoms with Crippen molar-refractivity contribution in [2.45, 2.75) is 83.8 Å². The molecule has 1 unspecified atom stereocenters. The zero-order valence-corrected chi connectivity index (χ0v) is 22.9. The molecule has 4 aromatic heterocycles. The van der Waals surface area contributed by atoms with E-state index in [0.717, 1.165) is 31.5 Å². The molecule has 0 radical (unpaired) electrons. The molecule has 0 aliphatic heterocycles. The number of carbonyl (C=O) groups excluding carboxylic acids is 1. The maximum atomic E-state index is 14.7. The van der Waals surface area contributed by atoms with E-state index in [1.807, 2.05) is 6.92 Å². The molecule has 0 aromatic carbocycles. The molecule has 0 bridgehead atoms. The third-order valence-electron chi connectivity index (χ3n) is 7.85. The minimum Gasteiger partial charge on any atom is -0.348 e. The number of aromatic nitrogens is 5. The van der Waals surface area contributed by atoms with Crippen molar-refractivity contribution in [1.82, 2.24) is 28.8 Å². The molecule has 1 saturated carbocycles. The summed E-state index contributed by atoms with van der Waals surface area (Å²) in [6.45, 7) is 6.21. The fourth-order valence-corrected chi connectivity index (χ4v) is 5.72. The highest BCUT2D eigenvalue weighted by Crippen LogP contribution is 2.28. The molecule has 1 amide bonds. The maximum Gasteiger partial charge on any atom is 0.333 e. The van der Waals surface area contributed by atoms with Crippen LogP contribution in [0.4, 0.5) is 8.78 Å². The van der Waals surface area contributed by atoms with Crippen molar-refractivity contribution < 1.29 is 13.6 Å². The van der Waals surface area contributed by atoms with E-state index in [4.69, 9.17) is 0 Å². The van der Waals surface area contributed by atoms with Gasteiger partial charge in [-0.2, -0.15) is 4.39 Å². The summed E-state index contributed by atoms with van der Waals surface area (Å²) in [5, 5.41) is 2.93. The SMILES string of the molecule is CC(C)CCCC(C)n1c(=O)n(C2CCC(NC(=O)c3nc4ccccn4c3F)CC2)c(=O)c2cc(F)cnc21. The first-order valence-electron chi connectivity index (χ1n) is 13.9. The lowest BCUT2D eigenvalue weighted by atomic mass is 9.90. The van der Waals surface area contributed by atoms with Gasteiger partial charge in [0.15, 0.2) is 5.69 Å². The van der Waals surface area contributed by atoms with Gasteiger partial charge in [-0.05, 0) is 63.1 Å². The Morgan fingerprint density at radius 1 is 1.10 bits per heavy atom. The Balaban J connectivity index is 1.37. The lowest BCUT2D eigenvalue weighted by Gasteiger charge is -2.30. The predicted octanol–water partition coefficient (Wildman–Crippen LogP) is 4.79. The van der Waals surface area contributed by atoms with Crippen molar-refractivity contribution in [2.24, 2.45) is 5.92 Å². The zero-order valence-electron chi connectivity index (χ0n) is 22.9. The molecular weight excluding hydrogens is 518 g/mol. The summed E-state index contributed by atoms with van der Waals surface area (Å²) in [6, 6.07) is 5.22. The highest BCUT2D eigenvalue weighted by Gasteiger charge is 2.30. The summed E-state index contributed by atoms with van der Waals surface area (Å²) in [5.74, 6) is -1.44. The minimum atomic E-state index is -0.728. The van der Waals surface area contributed by atoms with Gasteiger partial charge in [-0.3, -0.25) is 23.1 Å². The van der Waals surface area contributed by atoms with Crippen molar-refractivity contribution in [1.29, 1.82) is 0 Å². The van der Waals surface area contributed by atoms with Gasteiger partial charge < -0.3 is 5.32 Å². The molecule has 1 aliphatic rings. The van der Waals surface area contributed by atoms with Crippen LogP contribution in [-0.2, 0) is 0 Å². The van der Waals surface area contributed by atoms with Crippen LogP contribution in [0.1, 0.15) is 88.3 Å². The average molecular weight is 553 g/mol. The Hall–Kier alpha value is -3.89. The van der Waals surface area contributed by atoms with E-state index in [1.54, 1.807) is 18.2 Å². The van der Waals surface area contributed by atoms with E-state index < -0.39 is 35.0 Å². The third kappa shape index (κ3) is 5.29. The standard InChI is InChI=1S/C29H34F2N6O3/c1-17(2)7-6-8-18(3)36-26-22(15-19(30)16-32-26)28(39)37(29(36)40)21-12-10-20(11-13-21)33-27(38)24-25(31)35-14-5-4-9-23(35)34-24/h4-5,9,14-18,20-21H,6-8,10-13H2,1-3H3,(H,33,38). The highest BCUT2D eigenvalue weighted by molar-refractivity contribution is 5.93. The Morgan fingerprint density at radius 2 is 1.85 bits per heavy atom. The number of nitrogens with zero attached hydrogens (tertiary/aromatic N) is 5. The van der Waals surface area contributed by atoms with Crippen molar-refractivity contribution in [2.75, 3.05) is 0 Å². The number of imidazole rings is 1. The first-order valence-corrected chi connectivity index (χ1v) is 13.9. The summed E-state index contributed by atoms with van der Waals surface area (Å²) < 4.78 is 32.8. The molecule has 1 fully saturated rings. The van der Waals surface area contributed by atoms with Gasteiger partial charge in [0.2, 0.25) is 5.95 Å². The summed E-state index contributed by atoms with van der Waals surface area (Å²) in [7, 11) is 0. The number of pyridine rings is 2. The van der Waals surface area contributed by atoms with Crippen molar-refractivity contribution in [3.05, 3.63) is 75.0 Å². The van der Waals surface area contributed by atoms with Gasteiger partial charge in [0.05, 0.1) is 11.6 Å². The molecule has 4 aromatic rings. The number of amides is 1. The molecule has 9 nitrogen and oxygen atoms in total. The van der Waals surface area contributed by atoms with Crippen LogP contribution >= 0.6 is 0 Å². The summed E-state index contributed by atoms with van der Waals surface area (Å²) in [6.07, 6.45) is 7.04. The lowest BCUT2D eigenvalue weighted by Crippen LogP contribution is -2.46. The minimum absolute atomic E-state index is 0.0769. The largest absolute Gasteiger partial charge is 0.348 e. The number of hydrogen-bond donors (Lipinski definition) is 1. The number of halogens is 2. The van der Waals surface area contributed by atoms with Crippen LogP contribution in [-0.4, -0.2) is 35.5 Å². The molecule has 11 heteroatoms. The number of nitrogens with one attached hydrogen (secondary N) is 1.